The Hall–Kier alpha value is -3.92. The first kappa shape index (κ1) is 26.3. The second-order valence-corrected chi connectivity index (χ2v) is 10.5. The maximum atomic E-state index is 13.3. The Morgan fingerprint density at radius 3 is 2.45 bits per heavy atom. The Kier molecular flexibility index (Phi) is 7.42. The van der Waals surface area contributed by atoms with Crippen LogP contribution in [0.5, 0.6) is 11.5 Å². The van der Waals surface area contributed by atoms with Crippen LogP contribution < -0.4 is 4.74 Å². The van der Waals surface area contributed by atoms with Gasteiger partial charge < -0.3 is 24.0 Å². The number of carboxylic acids is 1. The summed E-state index contributed by atoms with van der Waals surface area (Å²) in [4.78, 5) is 33.8. The molecule has 2 saturated heterocycles. The van der Waals surface area contributed by atoms with Gasteiger partial charge in [0.15, 0.2) is 0 Å². The summed E-state index contributed by atoms with van der Waals surface area (Å²) in [5, 5.41) is 10.1. The van der Waals surface area contributed by atoms with E-state index in [9.17, 15) is 14.7 Å². The summed E-state index contributed by atoms with van der Waals surface area (Å²) in [6, 6.07) is 19.3. The van der Waals surface area contributed by atoms with Gasteiger partial charge >= 0.3 is 5.97 Å². The molecule has 0 aliphatic carbocycles. The van der Waals surface area contributed by atoms with Crippen molar-refractivity contribution in [1.29, 1.82) is 0 Å². The summed E-state index contributed by atoms with van der Waals surface area (Å²) in [6.07, 6.45) is 1.09. The van der Waals surface area contributed by atoms with E-state index in [-0.39, 0.29) is 17.6 Å². The van der Waals surface area contributed by atoms with E-state index in [1.807, 2.05) is 17.0 Å². The third kappa shape index (κ3) is 5.67. The number of rotatable bonds is 8. The number of carbonyl (C=O) groups excluding carboxylic acids is 1. The third-order valence-electron chi connectivity index (χ3n) is 7.41. The smallest absolute Gasteiger partial charge is 0.335 e. The van der Waals surface area contributed by atoms with Crippen LogP contribution in [0.15, 0.2) is 66.7 Å². The molecule has 3 aromatic carbocycles. The molecule has 1 amide bonds. The highest BCUT2D eigenvalue weighted by Gasteiger charge is 2.26. The first-order valence-electron chi connectivity index (χ1n) is 13.3. The molecule has 1 N–H and O–H groups in total. The number of hydrogen-bond donors (Lipinski definition) is 1. The minimum Gasteiger partial charge on any atom is -0.478 e. The van der Waals surface area contributed by atoms with Crippen molar-refractivity contribution >= 4 is 34.5 Å². The number of imidazole rings is 1. The number of aromatic nitrogens is 2. The lowest BCUT2D eigenvalue weighted by Gasteiger charge is -2.35. The van der Waals surface area contributed by atoms with Crippen LogP contribution in [0.1, 0.15) is 33.0 Å². The maximum Gasteiger partial charge on any atom is 0.335 e. The molecule has 1 atom stereocenters. The first-order chi connectivity index (χ1) is 19.4. The second kappa shape index (κ2) is 11.3. The Balaban J connectivity index is 1.12. The molecular formula is C30H29ClN4O5. The van der Waals surface area contributed by atoms with Crippen LogP contribution in [-0.2, 0) is 17.8 Å². The predicted molar refractivity (Wildman–Crippen MR) is 150 cm³/mol. The summed E-state index contributed by atoms with van der Waals surface area (Å²) < 4.78 is 13.7. The Labute approximate surface area is 236 Å². The van der Waals surface area contributed by atoms with Gasteiger partial charge in [0.2, 0.25) is 0 Å². The lowest BCUT2D eigenvalue weighted by atomic mass is 10.1. The van der Waals surface area contributed by atoms with Crippen molar-refractivity contribution in [2.75, 3.05) is 32.8 Å². The minimum atomic E-state index is -0.959. The first-order valence-corrected chi connectivity index (χ1v) is 13.7. The van der Waals surface area contributed by atoms with Crippen molar-refractivity contribution < 1.29 is 24.2 Å². The molecule has 0 bridgehead atoms. The molecule has 1 aromatic heterocycles. The number of piperazine rings is 1. The zero-order valence-electron chi connectivity index (χ0n) is 21.8. The van der Waals surface area contributed by atoms with Gasteiger partial charge in [0.25, 0.3) is 5.91 Å². The Morgan fingerprint density at radius 2 is 1.75 bits per heavy atom. The van der Waals surface area contributed by atoms with E-state index < -0.39 is 5.97 Å². The number of hydrogen-bond acceptors (Lipinski definition) is 6. The number of nitrogens with zero attached hydrogens (tertiary/aromatic N) is 4. The zero-order valence-corrected chi connectivity index (χ0v) is 22.6. The topological polar surface area (TPSA) is 97.1 Å². The average Bonchev–Trinajstić information content (AvgIpc) is 3.28. The number of carbonyl (C=O) groups is 2. The van der Waals surface area contributed by atoms with Crippen LogP contribution >= 0.6 is 11.6 Å². The SMILES string of the molecule is O=C(O)c1ccc2nc(CN3CCN(C(=O)c4cccc(Oc5ccc(Cl)cc5)c4)CC3)n(C[C@@H]3CCO3)c2c1. The van der Waals surface area contributed by atoms with Gasteiger partial charge in [-0.25, -0.2) is 9.78 Å². The highest BCUT2D eigenvalue weighted by Crippen LogP contribution is 2.26. The standard InChI is InChI=1S/C30H29ClN4O5/c31-22-5-7-23(8-6-22)40-24-3-1-2-20(16-24)29(36)34-13-11-33(12-14-34)19-28-32-26-9-4-21(30(37)38)17-27(26)35(28)18-25-10-15-39-25/h1-9,16-17,25H,10-15,18-19H2,(H,37,38)/t25-/m0/s1. The average molecular weight is 561 g/mol. The van der Waals surface area contributed by atoms with Gasteiger partial charge in [-0.15, -0.1) is 0 Å². The van der Waals surface area contributed by atoms with E-state index >= 15 is 0 Å². The number of amides is 1. The summed E-state index contributed by atoms with van der Waals surface area (Å²) in [7, 11) is 0. The van der Waals surface area contributed by atoms with Crippen LogP contribution in [0.25, 0.3) is 11.0 Å². The molecule has 4 aromatic rings. The summed E-state index contributed by atoms with van der Waals surface area (Å²) >= 11 is 5.96. The van der Waals surface area contributed by atoms with Crippen LogP contribution in [0.4, 0.5) is 0 Å². The molecular weight excluding hydrogens is 532 g/mol. The number of carboxylic acid groups (broad SMARTS) is 1. The molecule has 0 radical (unpaired) electrons. The maximum absolute atomic E-state index is 13.3. The molecule has 0 unspecified atom stereocenters. The van der Waals surface area contributed by atoms with E-state index in [1.54, 1.807) is 54.6 Å². The molecule has 9 nitrogen and oxygen atoms in total. The van der Waals surface area contributed by atoms with E-state index in [4.69, 9.17) is 26.1 Å². The molecule has 0 saturated carbocycles. The quantitative estimate of drug-likeness (QED) is 0.326. The van der Waals surface area contributed by atoms with Gasteiger partial charge in [-0.05, 0) is 67.1 Å². The lowest BCUT2D eigenvalue weighted by molar-refractivity contribution is -0.0592. The molecule has 3 heterocycles. The molecule has 2 fully saturated rings. The van der Waals surface area contributed by atoms with Gasteiger partial charge in [0.05, 0.1) is 35.8 Å². The molecule has 10 heteroatoms. The van der Waals surface area contributed by atoms with E-state index in [1.165, 1.54) is 0 Å². The predicted octanol–water partition coefficient (Wildman–Crippen LogP) is 4.93. The van der Waals surface area contributed by atoms with Gasteiger partial charge in [0.1, 0.15) is 17.3 Å². The number of ether oxygens (including phenoxy) is 2. The van der Waals surface area contributed by atoms with Crippen LogP contribution in [-0.4, -0.2) is 75.2 Å². The van der Waals surface area contributed by atoms with Crippen LogP contribution in [0.2, 0.25) is 5.02 Å². The molecule has 0 spiro atoms. The van der Waals surface area contributed by atoms with Crippen molar-refractivity contribution in [3.63, 3.8) is 0 Å². The van der Waals surface area contributed by atoms with Crippen LogP contribution in [0.3, 0.4) is 0 Å². The van der Waals surface area contributed by atoms with E-state index in [2.05, 4.69) is 9.47 Å². The number of halogens is 1. The normalized spacial score (nSPS) is 17.5. The summed E-state index contributed by atoms with van der Waals surface area (Å²) in [6.45, 7) is 4.59. The molecule has 40 heavy (non-hydrogen) atoms. The second-order valence-electron chi connectivity index (χ2n) is 10.1. The van der Waals surface area contributed by atoms with Crippen molar-refractivity contribution in [3.05, 3.63) is 88.7 Å². The van der Waals surface area contributed by atoms with Gasteiger partial charge in [-0.1, -0.05) is 17.7 Å². The summed E-state index contributed by atoms with van der Waals surface area (Å²) in [5.41, 5.74) is 2.40. The third-order valence-corrected chi connectivity index (χ3v) is 7.66. The molecule has 2 aliphatic rings. The fourth-order valence-electron chi connectivity index (χ4n) is 5.09. The minimum absolute atomic E-state index is 0.0308. The number of fused-ring (bicyclic) bond motifs is 1. The monoisotopic (exact) mass is 560 g/mol. The van der Waals surface area contributed by atoms with E-state index in [0.717, 1.165) is 29.9 Å². The zero-order chi connectivity index (χ0) is 27.6. The Bertz CT molecular complexity index is 1540. The lowest BCUT2D eigenvalue weighted by Crippen LogP contribution is -2.48. The highest BCUT2D eigenvalue weighted by atomic mass is 35.5. The van der Waals surface area contributed by atoms with Gasteiger partial charge in [-0.2, -0.15) is 0 Å². The van der Waals surface area contributed by atoms with E-state index in [0.29, 0.717) is 61.4 Å². The highest BCUT2D eigenvalue weighted by molar-refractivity contribution is 6.30. The number of aromatic carboxylic acids is 1. The molecule has 6 rings (SSSR count). The van der Waals surface area contributed by atoms with Crippen molar-refractivity contribution in [2.24, 2.45) is 0 Å². The Morgan fingerprint density at radius 1 is 0.975 bits per heavy atom. The van der Waals surface area contributed by atoms with Crippen molar-refractivity contribution in [2.45, 2.75) is 25.6 Å². The van der Waals surface area contributed by atoms with Crippen molar-refractivity contribution in [1.82, 2.24) is 19.4 Å². The molecule has 2 aliphatic heterocycles. The fourth-order valence-corrected chi connectivity index (χ4v) is 5.21. The van der Waals surface area contributed by atoms with Gasteiger partial charge in [0, 0.05) is 43.4 Å². The van der Waals surface area contributed by atoms with Crippen LogP contribution in [0, 0.1) is 0 Å². The molecule has 206 valence electrons. The largest absolute Gasteiger partial charge is 0.478 e. The number of benzene rings is 3. The summed E-state index contributed by atoms with van der Waals surface area (Å²) in [5.74, 6) is 1.12. The van der Waals surface area contributed by atoms with Gasteiger partial charge in [-0.3, -0.25) is 9.69 Å². The fraction of sp³-hybridized carbons (Fsp3) is 0.300. The van der Waals surface area contributed by atoms with Crippen molar-refractivity contribution in [3.8, 4) is 11.5 Å².